The van der Waals surface area contributed by atoms with E-state index in [0.717, 1.165) is 103 Å². The number of hydrogen-bond donors (Lipinski definition) is 3. The molecule has 0 aliphatic rings. The third-order valence-electron chi connectivity index (χ3n) is 12.5. The molecule has 0 saturated carbocycles. The van der Waals surface area contributed by atoms with Crippen LogP contribution in [-0.4, -0.2) is 46.9 Å². The van der Waals surface area contributed by atoms with Crippen molar-refractivity contribution < 1.29 is 24.5 Å². The fraction of sp³-hybridized carbons (Fsp3) is 0.683. The Hall–Kier alpha value is -3.48. The predicted octanol–water partition coefficient (Wildman–Crippen LogP) is 17.8. The van der Waals surface area contributed by atoms with E-state index in [4.69, 9.17) is 4.74 Å². The number of aliphatic hydroxyl groups excluding tert-OH is 2. The van der Waals surface area contributed by atoms with Crippen LogP contribution in [0.5, 0.6) is 0 Å². The predicted molar refractivity (Wildman–Crippen MR) is 300 cm³/mol. The van der Waals surface area contributed by atoms with E-state index in [9.17, 15) is 19.8 Å². The van der Waals surface area contributed by atoms with Crippen LogP contribution in [-0.2, 0) is 14.3 Å². The van der Waals surface area contributed by atoms with Gasteiger partial charge < -0.3 is 20.3 Å². The summed E-state index contributed by atoms with van der Waals surface area (Å²) in [6.45, 7) is 6.35. The molecule has 0 spiro atoms. The van der Waals surface area contributed by atoms with Crippen molar-refractivity contribution in [2.45, 2.75) is 270 Å². The van der Waals surface area contributed by atoms with Crippen LogP contribution in [0.15, 0.2) is 109 Å². The quantitative estimate of drug-likeness (QED) is 0.0321. The van der Waals surface area contributed by atoms with E-state index in [1.165, 1.54) is 103 Å². The molecule has 0 aliphatic heterocycles. The zero-order chi connectivity index (χ0) is 50.2. The first-order valence-electron chi connectivity index (χ1n) is 28.7. The highest BCUT2D eigenvalue weighted by molar-refractivity contribution is 5.77. The molecule has 1 amide bonds. The summed E-state index contributed by atoms with van der Waals surface area (Å²) >= 11 is 0. The summed E-state index contributed by atoms with van der Waals surface area (Å²) in [5, 5.41) is 23.9. The third kappa shape index (κ3) is 50.7. The normalized spacial score (nSPS) is 14.0. The summed E-state index contributed by atoms with van der Waals surface area (Å²) in [6, 6.07) is -0.729. The minimum atomic E-state index is -0.812. The molecule has 0 bridgehead atoms. The average Bonchev–Trinajstić information content (AvgIpc) is 3.34. The zero-order valence-electron chi connectivity index (χ0n) is 44.9. The van der Waals surface area contributed by atoms with E-state index >= 15 is 0 Å². The number of nitrogens with one attached hydrogen (secondary N) is 1. The second kappa shape index (κ2) is 55.4. The van der Waals surface area contributed by atoms with Gasteiger partial charge in [-0.05, 0) is 70.6 Å². The van der Waals surface area contributed by atoms with Gasteiger partial charge in [-0.25, -0.2) is 0 Å². The number of carbonyl (C=O) groups is 2. The van der Waals surface area contributed by atoms with Gasteiger partial charge in [-0.1, -0.05) is 278 Å². The van der Waals surface area contributed by atoms with Crippen LogP contribution in [0.25, 0.3) is 0 Å². The Morgan fingerprint density at radius 2 is 0.768 bits per heavy atom. The van der Waals surface area contributed by atoms with Gasteiger partial charge in [0.15, 0.2) is 0 Å². The van der Waals surface area contributed by atoms with Crippen molar-refractivity contribution in [3.05, 3.63) is 109 Å². The molecule has 0 heterocycles. The van der Waals surface area contributed by atoms with Crippen LogP contribution in [0.2, 0.25) is 0 Å². The van der Waals surface area contributed by atoms with E-state index in [-0.39, 0.29) is 24.9 Å². The average molecular weight is 959 g/mol. The topological polar surface area (TPSA) is 95.9 Å². The first-order valence-corrected chi connectivity index (χ1v) is 28.7. The van der Waals surface area contributed by atoms with E-state index in [1.54, 1.807) is 0 Å². The van der Waals surface area contributed by atoms with Crippen molar-refractivity contribution >= 4 is 11.9 Å². The summed E-state index contributed by atoms with van der Waals surface area (Å²) in [6.07, 6.45) is 75.7. The number of rotatable bonds is 50. The number of hydrogen-bond acceptors (Lipinski definition) is 5. The molecule has 0 fully saturated rings. The van der Waals surface area contributed by atoms with Gasteiger partial charge in [0.05, 0.1) is 25.2 Å². The Kier molecular flexibility index (Phi) is 52.7. The smallest absolute Gasteiger partial charge is 0.306 e. The van der Waals surface area contributed by atoms with Crippen LogP contribution >= 0.6 is 0 Å². The zero-order valence-corrected chi connectivity index (χ0v) is 44.9. The van der Waals surface area contributed by atoms with Crippen LogP contribution < -0.4 is 5.32 Å². The lowest BCUT2D eigenvalue weighted by atomic mass is 10.0. The lowest BCUT2D eigenvalue weighted by Gasteiger charge is -2.24. The molecule has 6 heteroatoms. The molecule has 0 aliphatic carbocycles. The molecule has 0 rings (SSSR count). The molecule has 0 aromatic carbocycles. The van der Waals surface area contributed by atoms with E-state index in [0.29, 0.717) is 19.3 Å². The number of esters is 1. The lowest BCUT2D eigenvalue weighted by Crippen LogP contribution is -2.46. The Balaban J connectivity index is 4.71. The summed E-state index contributed by atoms with van der Waals surface area (Å²) < 4.78 is 5.93. The number of unbranched alkanes of at least 4 members (excludes halogenated alkanes) is 27. The molecule has 0 radical (unpaired) electrons. The molecular weight excluding hydrogens is 851 g/mol. The van der Waals surface area contributed by atoms with E-state index in [2.05, 4.69) is 99.0 Å². The van der Waals surface area contributed by atoms with Gasteiger partial charge in [-0.3, -0.25) is 9.59 Å². The fourth-order valence-electron chi connectivity index (χ4n) is 8.18. The molecule has 394 valence electrons. The minimum Gasteiger partial charge on any atom is -0.462 e. The van der Waals surface area contributed by atoms with Crippen LogP contribution in [0.1, 0.15) is 252 Å². The van der Waals surface area contributed by atoms with Crippen LogP contribution in [0, 0.1) is 0 Å². The first kappa shape index (κ1) is 65.5. The number of aliphatic hydroxyl groups is 2. The number of ether oxygens (including phenoxy) is 1. The Labute approximate surface area is 426 Å². The Bertz CT molecular complexity index is 1400. The molecule has 3 N–H and O–H groups in total. The summed E-state index contributed by atoms with van der Waals surface area (Å²) in [5.74, 6) is -0.547. The van der Waals surface area contributed by atoms with Crippen molar-refractivity contribution in [3.8, 4) is 0 Å². The maximum absolute atomic E-state index is 13.3. The first-order chi connectivity index (χ1) is 34.0. The minimum absolute atomic E-state index is 0.0333. The molecule has 0 aromatic heterocycles. The van der Waals surface area contributed by atoms with E-state index < -0.39 is 18.2 Å². The van der Waals surface area contributed by atoms with Gasteiger partial charge in [0.1, 0.15) is 6.10 Å². The Morgan fingerprint density at radius 1 is 0.420 bits per heavy atom. The van der Waals surface area contributed by atoms with Crippen molar-refractivity contribution in [1.29, 1.82) is 0 Å². The van der Waals surface area contributed by atoms with Crippen LogP contribution in [0.4, 0.5) is 0 Å². The van der Waals surface area contributed by atoms with Gasteiger partial charge in [0.2, 0.25) is 5.91 Å². The fourth-order valence-corrected chi connectivity index (χ4v) is 8.18. The van der Waals surface area contributed by atoms with E-state index in [1.807, 2.05) is 36.5 Å². The molecule has 6 nitrogen and oxygen atoms in total. The lowest BCUT2D eigenvalue weighted by molar-refractivity contribution is -0.151. The highest BCUT2D eigenvalue weighted by atomic mass is 16.5. The molecular formula is C63H107NO5. The van der Waals surface area contributed by atoms with Gasteiger partial charge in [0.25, 0.3) is 0 Å². The number of allylic oxidation sites excluding steroid dienone is 18. The highest BCUT2D eigenvalue weighted by Crippen LogP contribution is 2.18. The highest BCUT2D eigenvalue weighted by Gasteiger charge is 2.24. The second-order valence-electron chi connectivity index (χ2n) is 19.2. The third-order valence-corrected chi connectivity index (χ3v) is 12.5. The van der Waals surface area contributed by atoms with Crippen molar-refractivity contribution in [2.24, 2.45) is 0 Å². The largest absolute Gasteiger partial charge is 0.462 e. The summed E-state index contributed by atoms with van der Waals surface area (Å²) in [7, 11) is 0. The molecule has 69 heavy (non-hydrogen) atoms. The SMILES string of the molecule is CCC/C=C/C=C/C=C/C=C/C=C/CCCCCC(CC(=O)NC(CO)C(O)CCCCCCCCCCCCCCCCCC)OC(=O)CCCCCCC/C=C/C=C/C=C/C=C/CCCCC. The molecule has 0 aromatic rings. The van der Waals surface area contributed by atoms with Crippen molar-refractivity contribution in [1.82, 2.24) is 5.32 Å². The maximum atomic E-state index is 13.3. The van der Waals surface area contributed by atoms with Gasteiger partial charge in [-0.2, -0.15) is 0 Å². The van der Waals surface area contributed by atoms with Gasteiger partial charge in [-0.15, -0.1) is 0 Å². The molecule has 0 saturated heterocycles. The van der Waals surface area contributed by atoms with Gasteiger partial charge >= 0.3 is 5.97 Å². The number of amides is 1. The standard InChI is InChI=1S/C63H107NO5/c1-4-7-10-13-16-19-22-25-28-31-32-35-38-41-44-47-50-53-56-63(68)69-59(54-51-48-45-42-39-36-33-29-26-23-20-17-14-11-8-5-2)57-62(67)64-60(58-65)61(66)55-52-49-46-43-40-37-34-30-27-24-21-18-15-12-9-6-3/h11,14,16-17,19-20,22-23,25-26,28-29,31-33,35-36,39,59-61,65-66H,4-10,12-13,15,18,21,24,27,30,34,37-38,40-58H2,1-3H3,(H,64,67)/b14-11+,19-16+,20-17+,25-22+,26-23+,31-28+,33-29+,35-32+,39-36+. The summed E-state index contributed by atoms with van der Waals surface area (Å²) in [4.78, 5) is 26.3. The monoisotopic (exact) mass is 958 g/mol. The second-order valence-corrected chi connectivity index (χ2v) is 19.2. The van der Waals surface area contributed by atoms with Crippen molar-refractivity contribution in [2.75, 3.05) is 6.61 Å². The maximum Gasteiger partial charge on any atom is 0.306 e. The van der Waals surface area contributed by atoms with Crippen LogP contribution in [0.3, 0.4) is 0 Å². The van der Waals surface area contributed by atoms with Gasteiger partial charge in [0, 0.05) is 6.42 Å². The summed E-state index contributed by atoms with van der Waals surface area (Å²) in [5.41, 5.74) is 0. The molecule has 3 atom stereocenters. The molecule has 3 unspecified atom stereocenters. The Morgan fingerprint density at radius 3 is 1.22 bits per heavy atom. The number of carbonyl (C=O) groups excluding carboxylic acids is 2. The van der Waals surface area contributed by atoms with Crippen molar-refractivity contribution in [3.63, 3.8) is 0 Å².